The molecule has 0 rings (SSSR count). The van der Waals surface area contributed by atoms with E-state index >= 15 is 0 Å². The fourth-order valence-corrected chi connectivity index (χ4v) is 2.32. The van der Waals surface area contributed by atoms with Crippen molar-refractivity contribution in [2.75, 3.05) is 39.6 Å². The lowest BCUT2D eigenvalue weighted by molar-refractivity contribution is -0.203. The summed E-state index contributed by atoms with van der Waals surface area (Å²) in [7, 11) is -7.59. The molecule has 22 heavy (non-hydrogen) atoms. The van der Waals surface area contributed by atoms with Crippen LogP contribution >= 0.6 is 15.2 Å². The van der Waals surface area contributed by atoms with Gasteiger partial charge in [-0.3, -0.25) is 0 Å². The maximum absolute atomic E-state index is 11.3. The predicted molar refractivity (Wildman–Crippen MR) is 79.0 cm³/mol. The Bertz CT molecular complexity index is 349. The van der Waals surface area contributed by atoms with Gasteiger partial charge in [-0.2, -0.15) is 0 Å². The van der Waals surface area contributed by atoms with Gasteiger partial charge in [-0.25, -0.2) is 0 Å². The fraction of sp³-hybridized carbons (Fsp3) is 1.00. The molecule has 8 nitrogen and oxygen atoms in total. The first kappa shape index (κ1) is 22.2. The lowest BCUT2D eigenvalue weighted by Gasteiger charge is -2.27. The van der Waals surface area contributed by atoms with Crippen molar-refractivity contribution in [3.63, 3.8) is 0 Å². The molecular formula is C12H26O8P2-2. The molecule has 2 atom stereocenters. The zero-order valence-corrected chi connectivity index (χ0v) is 15.3. The van der Waals surface area contributed by atoms with Crippen molar-refractivity contribution in [3.05, 3.63) is 0 Å². The average molecular weight is 360 g/mol. The van der Waals surface area contributed by atoms with Crippen molar-refractivity contribution in [2.45, 2.75) is 39.0 Å². The fourth-order valence-electron chi connectivity index (χ4n) is 1.07. The lowest BCUT2D eigenvalue weighted by atomic mass is 10.6. The zero-order chi connectivity index (χ0) is 17.2. The number of ether oxygens (including phenoxy) is 2. The first-order chi connectivity index (χ1) is 10.1. The van der Waals surface area contributed by atoms with Gasteiger partial charge in [0.25, 0.3) is 0 Å². The molecule has 0 aliphatic heterocycles. The Balaban J connectivity index is 3.46. The van der Waals surface area contributed by atoms with Crippen molar-refractivity contribution >= 4 is 15.2 Å². The Morgan fingerprint density at radius 3 is 1.23 bits per heavy atom. The normalized spacial score (nSPS) is 17.6. The molecular weight excluding hydrogens is 334 g/mol. The molecule has 134 valence electrons. The monoisotopic (exact) mass is 360 g/mol. The van der Waals surface area contributed by atoms with Gasteiger partial charge in [0.2, 0.25) is 0 Å². The molecule has 0 N–H and O–H groups in total. The molecule has 0 aromatic carbocycles. The van der Waals surface area contributed by atoms with Crippen LogP contribution in [0.25, 0.3) is 0 Å². The van der Waals surface area contributed by atoms with Crippen molar-refractivity contribution < 1.29 is 37.4 Å². The molecule has 0 aliphatic carbocycles. The Labute approximate surface area is 132 Å². The molecule has 0 saturated carbocycles. The van der Waals surface area contributed by atoms with Gasteiger partial charge in [0.15, 0.2) is 0 Å². The van der Waals surface area contributed by atoms with E-state index in [0.29, 0.717) is 0 Å². The van der Waals surface area contributed by atoms with Crippen LogP contribution in [0, 0.1) is 0 Å². The molecule has 0 bridgehead atoms. The minimum atomic E-state index is -3.79. The van der Waals surface area contributed by atoms with Gasteiger partial charge in [-0.15, -0.1) is 0 Å². The minimum absolute atomic E-state index is 0.0319. The largest absolute Gasteiger partial charge is 0.778 e. The molecule has 0 aromatic rings. The van der Waals surface area contributed by atoms with Crippen LogP contribution in [-0.2, 0) is 27.7 Å². The van der Waals surface area contributed by atoms with E-state index in [0.717, 1.165) is 0 Å². The first-order valence-electron chi connectivity index (χ1n) is 7.15. The first-order valence-corrected chi connectivity index (χ1v) is 10.4. The highest BCUT2D eigenvalue weighted by Crippen LogP contribution is 2.42. The molecule has 2 unspecified atom stereocenters. The third kappa shape index (κ3) is 10.1. The van der Waals surface area contributed by atoms with Crippen LogP contribution in [0.15, 0.2) is 0 Å². The summed E-state index contributed by atoms with van der Waals surface area (Å²) in [4.78, 5) is 22.7. The Hall–Kier alpha value is 0.220. The van der Waals surface area contributed by atoms with E-state index in [4.69, 9.17) is 18.5 Å². The van der Waals surface area contributed by atoms with E-state index in [2.05, 4.69) is 0 Å². The SMILES string of the molecule is CC(C)P(=O)([O-])OCCOCCOCCOP(=O)([O-])C(C)C. The van der Waals surface area contributed by atoms with Crippen molar-refractivity contribution in [1.82, 2.24) is 0 Å². The average Bonchev–Trinajstić information content (AvgIpc) is 2.40. The van der Waals surface area contributed by atoms with Gasteiger partial charge in [0.05, 0.1) is 39.6 Å². The van der Waals surface area contributed by atoms with E-state index in [9.17, 15) is 18.9 Å². The predicted octanol–water partition coefficient (Wildman–Crippen LogP) is 0.976. The summed E-state index contributed by atoms with van der Waals surface area (Å²) in [5.41, 5.74) is -1.11. The van der Waals surface area contributed by atoms with Gasteiger partial charge in [0.1, 0.15) is 15.2 Å². The summed E-state index contributed by atoms with van der Waals surface area (Å²) < 4.78 is 42.4. The van der Waals surface area contributed by atoms with Gasteiger partial charge in [-0.05, 0) is 0 Å². The summed E-state index contributed by atoms with van der Waals surface area (Å²) in [5, 5.41) is 0. The minimum Gasteiger partial charge on any atom is -0.778 e. The highest BCUT2D eigenvalue weighted by atomic mass is 31.2. The molecule has 0 aromatic heterocycles. The summed E-state index contributed by atoms with van der Waals surface area (Å²) in [6.45, 7) is 6.92. The van der Waals surface area contributed by atoms with Crippen LogP contribution < -0.4 is 9.79 Å². The highest BCUT2D eigenvalue weighted by Gasteiger charge is 2.13. The van der Waals surface area contributed by atoms with Crippen LogP contribution in [0.1, 0.15) is 27.7 Å². The lowest BCUT2D eigenvalue weighted by Crippen LogP contribution is -2.18. The molecule has 0 fully saturated rings. The van der Waals surface area contributed by atoms with Crippen molar-refractivity contribution in [2.24, 2.45) is 0 Å². The summed E-state index contributed by atoms with van der Waals surface area (Å²) in [6.07, 6.45) is 0. The Morgan fingerprint density at radius 1 is 0.682 bits per heavy atom. The van der Waals surface area contributed by atoms with Gasteiger partial charge in [-0.1, -0.05) is 27.7 Å². The van der Waals surface area contributed by atoms with Crippen LogP contribution in [0.4, 0.5) is 0 Å². The smallest absolute Gasteiger partial charge is 0.137 e. The molecule has 0 saturated heterocycles. The van der Waals surface area contributed by atoms with E-state index in [1.165, 1.54) is 0 Å². The van der Waals surface area contributed by atoms with Gasteiger partial charge in [0, 0.05) is 11.3 Å². The molecule has 0 amide bonds. The topological polar surface area (TPSA) is 117 Å². The van der Waals surface area contributed by atoms with E-state index in [-0.39, 0.29) is 39.6 Å². The van der Waals surface area contributed by atoms with Gasteiger partial charge < -0.3 is 37.4 Å². The summed E-state index contributed by atoms with van der Waals surface area (Å²) in [6, 6.07) is 0. The maximum atomic E-state index is 11.3. The second-order valence-corrected chi connectivity index (χ2v) is 9.90. The molecule has 0 spiro atoms. The summed E-state index contributed by atoms with van der Waals surface area (Å²) >= 11 is 0. The number of rotatable bonds is 13. The van der Waals surface area contributed by atoms with E-state index in [1.54, 1.807) is 27.7 Å². The number of hydrogen-bond donors (Lipinski definition) is 0. The second kappa shape index (κ2) is 10.9. The standard InChI is InChI=1S/C12H28O8P2/c1-11(2)21(13,14)19-9-7-17-5-6-18-8-10-20-22(15,16)12(3)4/h11-12H,5-10H2,1-4H3,(H,13,14)(H,15,16)/p-2. The molecule has 0 aliphatic rings. The van der Waals surface area contributed by atoms with Crippen LogP contribution in [0.3, 0.4) is 0 Å². The molecule has 0 heterocycles. The maximum Gasteiger partial charge on any atom is 0.137 e. The molecule has 10 heteroatoms. The van der Waals surface area contributed by atoms with Crippen LogP contribution in [0.5, 0.6) is 0 Å². The quantitative estimate of drug-likeness (QED) is 0.352. The third-order valence-corrected chi connectivity index (χ3v) is 6.25. The molecule has 0 radical (unpaired) electrons. The Morgan fingerprint density at radius 2 is 0.955 bits per heavy atom. The van der Waals surface area contributed by atoms with Gasteiger partial charge >= 0.3 is 0 Å². The van der Waals surface area contributed by atoms with E-state index < -0.39 is 26.5 Å². The zero-order valence-electron chi connectivity index (χ0n) is 13.6. The Kier molecular flexibility index (Phi) is 11.0. The second-order valence-electron chi connectivity index (χ2n) is 5.16. The van der Waals surface area contributed by atoms with Crippen molar-refractivity contribution in [1.29, 1.82) is 0 Å². The highest BCUT2D eigenvalue weighted by molar-refractivity contribution is 7.52. The number of hydrogen-bond acceptors (Lipinski definition) is 8. The van der Waals surface area contributed by atoms with Crippen molar-refractivity contribution in [3.8, 4) is 0 Å². The summed E-state index contributed by atoms with van der Waals surface area (Å²) in [5.74, 6) is 0. The third-order valence-electron chi connectivity index (χ3n) is 2.63. The van der Waals surface area contributed by atoms with Crippen LogP contribution in [-0.4, -0.2) is 51.0 Å². The van der Waals surface area contributed by atoms with E-state index in [1.807, 2.05) is 0 Å². The van der Waals surface area contributed by atoms with Crippen LogP contribution in [0.2, 0.25) is 0 Å².